The van der Waals surface area contributed by atoms with Crippen LogP contribution in [0.3, 0.4) is 0 Å². The van der Waals surface area contributed by atoms with Gasteiger partial charge in [0.2, 0.25) is 0 Å². The molecule has 1 N–H and O–H groups in total. The summed E-state index contributed by atoms with van der Waals surface area (Å²) in [4.78, 5) is 14.1. The van der Waals surface area contributed by atoms with E-state index >= 15 is 0 Å². The van der Waals surface area contributed by atoms with Crippen molar-refractivity contribution in [1.29, 1.82) is 0 Å². The molecule has 0 aliphatic rings. The van der Waals surface area contributed by atoms with Gasteiger partial charge in [-0.1, -0.05) is 18.3 Å². The molecular weight excluding hydrogens is 169 g/mol. The fourth-order valence-electron chi connectivity index (χ4n) is 0.730. The highest BCUT2D eigenvalue weighted by Gasteiger charge is 2.15. The Kier molecular flexibility index (Phi) is 2.19. The number of aryl methyl sites for hydroxylation is 1. The molecule has 1 heterocycles. The Hall–Kier alpha value is -0.970. The Morgan fingerprint density at radius 1 is 1.82 bits per heavy atom. The van der Waals surface area contributed by atoms with Crippen LogP contribution in [0.2, 0.25) is 0 Å². The monoisotopic (exact) mass is 175 g/mol. The summed E-state index contributed by atoms with van der Waals surface area (Å²) in [6.07, 6.45) is 0.503. The molecular formula is C6H6FNO2S. The number of carboxylic acid groups (broad SMARTS) is 1. The SMILES string of the molecule is CCc1sc(F)nc1C(=O)O. The van der Waals surface area contributed by atoms with Crippen molar-refractivity contribution in [2.24, 2.45) is 0 Å². The lowest BCUT2D eigenvalue weighted by atomic mass is 10.3. The molecule has 0 fully saturated rings. The molecule has 0 bridgehead atoms. The van der Waals surface area contributed by atoms with E-state index in [1.165, 1.54) is 0 Å². The molecule has 0 aliphatic heterocycles. The third-order valence-electron chi connectivity index (χ3n) is 1.19. The zero-order chi connectivity index (χ0) is 8.43. The summed E-state index contributed by atoms with van der Waals surface area (Å²) in [5, 5.41) is 7.81. The van der Waals surface area contributed by atoms with Crippen LogP contribution in [-0.4, -0.2) is 16.1 Å². The second-order valence-corrected chi connectivity index (χ2v) is 2.93. The number of rotatable bonds is 2. The molecule has 0 radical (unpaired) electrons. The predicted octanol–water partition coefficient (Wildman–Crippen LogP) is 1.54. The van der Waals surface area contributed by atoms with Crippen LogP contribution >= 0.6 is 11.3 Å². The Morgan fingerprint density at radius 2 is 2.45 bits per heavy atom. The molecule has 0 saturated heterocycles. The van der Waals surface area contributed by atoms with Gasteiger partial charge in [-0.3, -0.25) is 0 Å². The van der Waals surface area contributed by atoms with Gasteiger partial charge in [-0.2, -0.15) is 4.39 Å². The summed E-state index contributed by atoms with van der Waals surface area (Å²) in [5.74, 6) is -1.16. The Labute approximate surface area is 66.5 Å². The molecule has 1 aromatic heterocycles. The van der Waals surface area contributed by atoms with Crippen LogP contribution < -0.4 is 0 Å². The minimum atomic E-state index is -1.16. The van der Waals surface area contributed by atoms with Crippen molar-refractivity contribution >= 4 is 17.3 Å². The van der Waals surface area contributed by atoms with E-state index in [0.717, 1.165) is 11.3 Å². The third kappa shape index (κ3) is 1.54. The predicted molar refractivity (Wildman–Crippen MR) is 38.4 cm³/mol. The molecule has 5 heteroatoms. The topological polar surface area (TPSA) is 50.2 Å². The fraction of sp³-hybridized carbons (Fsp3) is 0.333. The Balaban J connectivity index is 3.12. The second kappa shape index (κ2) is 2.96. The van der Waals surface area contributed by atoms with Crippen LogP contribution in [0.4, 0.5) is 4.39 Å². The summed E-state index contributed by atoms with van der Waals surface area (Å²) in [5.41, 5.74) is -0.157. The first-order chi connectivity index (χ1) is 5.15. The second-order valence-electron chi connectivity index (χ2n) is 1.90. The lowest BCUT2D eigenvalue weighted by molar-refractivity contribution is 0.0689. The molecule has 0 spiro atoms. The first kappa shape index (κ1) is 8.13. The standard InChI is InChI=1S/C6H6FNO2S/c1-2-3-4(5(9)10)8-6(7)11-3/h2H2,1H3,(H,9,10). The van der Waals surface area contributed by atoms with Gasteiger partial charge in [-0.25, -0.2) is 9.78 Å². The third-order valence-corrected chi connectivity index (χ3v) is 2.18. The Bertz CT molecular complexity index is 284. The van der Waals surface area contributed by atoms with E-state index in [1.54, 1.807) is 6.92 Å². The van der Waals surface area contributed by atoms with Crippen molar-refractivity contribution in [3.05, 3.63) is 15.8 Å². The number of aromatic carboxylic acids is 1. The van der Waals surface area contributed by atoms with Crippen LogP contribution in [0.15, 0.2) is 0 Å². The molecule has 1 rings (SSSR count). The number of carbonyl (C=O) groups is 1. The summed E-state index contributed by atoms with van der Waals surface area (Å²) in [6, 6.07) is 0. The minimum Gasteiger partial charge on any atom is -0.476 e. The number of hydrogen-bond acceptors (Lipinski definition) is 3. The maximum absolute atomic E-state index is 12.4. The zero-order valence-corrected chi connectivity index (χ0v) is 6.61. The largest absolute Gasteiger partial charge is 0.476 e. The van der Waals surface area contributed by atoms with E-state index in [2.05, 4.69) is 4.98 Å². The van der Waals surface area contributed by atoms with Crippen molar-refractivity contribution < 1.29 is 14.3 Å². The summed E-state index contributed by atoms with van der Waals surface area (Å²) in [7, 11) is 0. The molecule has 1 aromatic rings. The molecule has 0 unspecified atom stereocenters. The van der Waals surface area contributed by atoms with E-state index in [1.807, 2.05) is 0 Å². The van der Waals surface area contributed by atoms with Gasteiger partial charge >= 0.3 is 5.97 Å². The fourth-order valence-corrected chi connectivity index (χ4v) is 1.44. The van der Waals surface area contributed by atoms with Crippen molar-refractivity contribution in [2.45, 2.75) is 13.3 Å². The van der Waals surface area contributed by atoms with E-state index < -0.39 is 11.2 Å². The molecule has 11 heavy (non-hydrogen) atoms. The normalized spacial score (nSPS) is 10.0. The first-order valence-corrected chi connectivity index (χ1v) is 3.85. The van der Waals surface area contributed by atoms with Gasteiger partial charge in [0, 0.05) is 4.88 Å². The van der Waals surface area contributed by atoms with E-state index in [9.17, 15) is 9.18 Å². The van der Waals surface area contributed by atoms with Gasteiger partial charge < -0.3 is 5.11 Å². The number of halogens is 1. The number of nitrogens with zero attached hydrogens (tertiary/aromatic N) is 1. The van der Waals surface area contributed by atoms with E-state index in [4.69, 9.17) is 5.11 Å². The average Bonchev–Trinajstić information content (AvgIpc) is 2.30. The van der Waals surface area contributed by atoms with Crippen LogP contribution in [0.25, 0.3) is 0 Å². The first-order valence-electron chi connectivity index (χ1n) is 3.03. The number of hydrogen-bond donors (Lipinski definition) is 1. The van der Waals surface area contributed by atoms with Crippen LogP contribution in [-0.2, 0) is 6.42 Å². The highest BCUT2D eigenvalue weighted by Crippen LogP contribution is 2.17. The van der Waals surface area contributed by atoms with Gasteiger partial charge in [-0.15, -0.1) is 0 Å². The van der Waals surface area contributed by atoms with Gasteiger partial charge in [0.25, 0.3) is 5.26 Å². The van der Waals surface area contributed by atoms with E-state index in [0.29, 0.717) is 11.3 Å². The summed E-state index contributed by atoms with van der Waals surface area (Å²) in [6.45, 7) is 1.76. The number of carboxylic acids is 1. The summed E-state index contributed by atoms with van der Waals surface area (Å²) < 4.78 is 12.4. The average molecular weight is 175 g/mol. The molecule has 0 amide bonds. The minimum absolute atomic E-state index is 0.157. The van der Waals surface area contributed by atoms with Gasteiger partial charge in [-0.05, 0) is 6.42 Å². The lowest BCUT2D eigenvalue weighted by Crippen LogP contribution is -1.99. The van der Waals surface area contributed by atoms with Crippen molar-refractivity contribution in [2.75, 3.05) is 0 Å². The molecule has 60 valence electrons. The highest BCUT2D eigenvalue weighted by atomic mass is 32.1. The van der Waals surface area contributed by atoms with Gasteiger partial charge in [0.1, 0.15) is 0 Å². The quantitative estimate of drug-likeness (QED) is 0.741. The molecule has 3 nitrogen and oxygen atoms in total. The zero-order valence-electron chi connectivity index (χ0n) is 5.80. The van der Waals surface area contributed by atoms with Crippen molar-refractivity contribution in [3.63, 3.8) is 0 Å². The molecule has 0 saturated carbocycles. The molecule has 0 aliphatic carbocycles. The maximum Gasteiger partial charge on any atom is 0.355 e. The smallest absolute Gasteiger partial charge is 0.355 e. The summed E-state index contributed by atoms with van der Waals surface area (Å²) >= 11 is 0.784. The molecule has 0 aromatic carbocycles. The van der Waals surface area contributed by atoms with Crippen LogP contribution in [0.5, 0.6) is 0 Å². The van der Waals surface area contributed by atoms with Crippen molar-refractivity contribution in [1.82, 2.24) is 4.98 Å². The highest BCUT2D eigenvalue weighted by molar-refractivity contribution is 7.10. The van der Waals surface area contributed by atoms with Crippen LogP contribution in [0, 0.1) is 5.26 Å². The number of aromatic nitrogens is 1. The maximum atomic E-state index is 12.4. The molecule has 0 atom stereocenters. The Morgan fingerprint density at radius 3 is 2.82 bits per heavy atom. The lowest BCUT2D eigenvalue weighted by Gasteiger charge is -1.88. The van der Waals surface area contributed by atoms with Crippen molar-refractivity contribution in [3.8, 4) is 0 Å². The van der Waals surface area contributed by atoms with E-state index in [-0.39, 0.29) is 5.69 Å². The number of thiazole rings is 1. The van der Waals surface area contributed by atoms with Gasteiger partial charge in [0.15, 0.2) is 5.69 Å². The van der Waals surface area contributed by atoms with Crippen LogP contribution in [0.1, 0.15) is 22.3 Å². The van der Waals surface area contributed by atoms with Gasteiger partial charge in [0.05, 0.1) is 0 Å².